The van der Waals surface area contributed by atoms with Crippen molar-refractivity contribution in [2.24, 2.45) is 5.92 Å². The van der Waals surface area contributed by atoms with Crippen LogP contribution in [0.4, 0.5) is 4.79 Å². The van der Waals surface area contributed by atoms with Crippen molar-refractivity contribution < 1.29 is 18.7 Å². The molecule has 0 radical (unpaired) electrons. The van der Waals surface area contributed by atoms with Crippen molar-refractivity contribution in [1.82, 2.24) is 14.5 Å². The smallest absolute Gasteiger partial charge is 0.330 e. The van der Waals surface area contributed by atoms with Crippen molar-refractivity contribution in [3.63, 3.8) is 0 Å². The molecule has 1 atom stereocenters. The van der Waals surface area contributed by atoms with Crippen LogP contribution in [0.15, 0.2) is 41.5 Å². The van der Waals surface area contributed by atoms with Gasteiger partial charge < -0.3 is 14.1 Å². The predicted octanol–water partition coefficient (Wildman–Crippen LogP) is 2.68. The summed E-state index contributed by atoms with van der Waals surface area (Å²) in [7, 11) is 0. The molecule has 0 aromatic carbocycles. The highest BCUT2D eigenvalue weighted by Gasteiger charge is 2.32. The Morgan fingerprint density at radius 1 is 1.50 bits per heavy atom. The van der Waals surface area contributed by atoms with Gasteiger partial charge in [-0.05, 0) is 37.3 Å². The van der Waals surface area contributed by atoms with Gasteiger partial charge in [-0.25, -0.2) is 14.6 Å². The average Bonchev–Trinajstić information content (AvgIpc) is 3.05. The van der Waals surface area contributed by atoms with E-state index in [4.69, 9.17) is 9.15 Å². The lowest BCUT2D eigenvalue weighted by Gasteiger charge is -2.28. The standard InChI is InChI=1S/C17H21N3O4/c1-2-15(16(21)24-11-13-5-6-13)20(10-14-4-3-9-23-14)17(22)19-8-7-18-12-19/h3-4,7-9,12-13,15H,2,5-6,10-11H2,1H3/t15-/m0/s1. The molecule has 1 aliphatic rings. The van der Waals surface area contributed by atoms with Crippen LogP contribution in [0, 0.1) is 5.92 Å². The Bertz CT molecular complexity index is 662. The molecule has 1 amide bonds. The summed E-state index contributed by atoms with van der Waals surface area (Å²) >= 11 is 0. The molecule has 0 N–H and O–H groups in total. The Morgan fingerprint density at radius 2 is 2.33 bits per heavy atom. The second kappa shape index (κ2) is 7.33. The summed E-state index contributed by atoms with van der Waals surface area (Å²) in [4.78, 5) is 30.6. The van der Waals surface area contributed by atoms with Gasteiger partial charge in [-0.2, -0.15) is 0 Å². The molecule has 1 saturated carbocycles. The van der Waals surface area contributed by atoms with E-state index in [1.807, 2.05) is 6.92 Å². The summed E-state index contributed by atoms with van der Waals surface area (Å²) in [6, 6.07) is 2.53. The Kier molecular flexibility index (Phi) is 4.98. The summed E-state index contributed by atoms with van der Waals surface area (Å²) in [5.74, 6) is 0.718. The number of hydrogen-bond acceptors (Lipinski definition) is 5. The number of carbonyl (C=O) groups is 2. The van der Waals surface area contributed by atoms with Crippen molar-refractivity contribution >= 4 is 12.0 Å². The van der Waals surface area contributed by atoms with Crippen LogP contribution in [0.25, 0.3) is 0 Å². The zero-order chi connectivity index (χ0) is 16.9. The third-order valence-electron chi connectivity index (χ3n) is 4.07. The Labute approximate surface area is 140 Å². The van der Waals surface area contributed by atoms with Crippen LogP contribution in [0.3, 0.4) is 0 Å². The maximum Gasteiger partial charge on any atom is 0.330 e. The third-order valence-corrected chi connectivity index (χ3v) is 4.07. The molecule has 0 spiro atoms. The van der Waals surface area contributed by atoms with Gasteiger partial charge in [-0.15, -0.1) is 0 Å². The van der Waals surface area contributed by atoms with Crippen LogP contribution >= 0.6 is 0 Å². The van der Waals surface area contributed by atoms with Crippen molar-refractivity contribution in [1.29, 1.82) is 0 Å². The summed E-state index contributed by atoms with van der Waals surface area (Å²) in [6.07, 6.45) is 8.71. The van der Waals surface area contributed by atoms with Crippen LogP contribution in [0.1, 0.15) is 31.9 Å². The summed E-state index contributed by atoms with van der Waals surface area (Å²) in [5.41, 5.74) is 0. The highest BCUT2D eigenvalue weighted by atomic mass is 16.5. The van der Waals surface area contributed by atoms with Gasteiger partial charge in [0, 0.05) is 12.4 Å². The van der Waals surface area contributed by atoms with Crippen LogP contribution in [0.2, 0.25) is 0 Å². The second-order valence-corrected chi connectivity index (χ2v) is 5.96. The van der Waals surface area contributed by atoms with E-state index in [-0.39, 0.29) is 18.5 Å². The molecule has 2 heterocycles. The average molecular weight is 331 g/mol. The fourth-order valence-corrected chi connectivity index (χ4v) is 2.50. The van der Waals surface area contributed by atoms with Crippen LogP contribution in [0.5, 0.6) is 0 Å². The lowest BCUT2D eigenvalue weighted by atomic mass is 10.2. The monoisotopic (exact) mass is 331 g/mol. The molecule has 2 aromatic rings. The van der Waals surface area contributed by atoms with Gasteiger partial charge in [-0.1, -0.05) is 6.92 Å². The maximum atomic E-state index is 12.8. The first-order valence-electron chi connectivity index (χ1n) is 8.17. The van der Waals surface area contributed by atoms with E-state index in [2.05, 4.69) is 4.98 Å². The molecule has 0 unspecified atom stereocenters. The fourth-order valence-electron chi connectivity index (χ4n) is 2.50. The second-order valence-electron chi connectivity index (χ2n) is 5.96. The summed E-state index contributed by atoms with van der Waals surface area (Å²) in [5, 5.41) is 0. The number of hydrogen-bond donors (Lipinski definition) is 0. The lowest BCUT2D eigenvalue weighted by molar-refractivity contribution is -0.149. The SMILES string of the molecule is CC[C@@H](C(=O)OCC1CC1)N(Cc1ccco1)C(=O)n1ccnc1. The maximum absolute atomic E-state index is 12.8. The Morgan fingerprint density at radius 3 is 2.92 bits per heavy atom. The zero-order valence-corrected chi connectivity index (χ0v) is 13.6. The van der Waals surface area contributed by atoms with E-state index in [9.17, 15) is 9.59 Å². The van der Waals surface area contributed by atoms with Crippen LogP contribution in [-0.2, 0) is 16.1 Å². The molecule has 24 heavy (non-hydrogen) atoms. The first kappa shape index (κ1) is 16.3. The minimum absolute atomic E-state index is 0.195. The predicted molar refractivity (Wildman–Crippen MR) is 85.0 cm³/mol. The Balaban J connectivity index is 1.77. The number of amides is 1. The highest BCUT2D eigenvalue weighted by Crippen LogP contribution is 2.29. The van der Waals surface area contributed by atoms with Crippen molar-refractivity contribution in [3.05, 3.63) is 42.9 Å². The quantitative estimate of drug-likeness (QED) is 0.729. The molecule has 0 aliphatic heterocycles. The molecule has 3 rings (SSSR count). The largest absolute Gasteiger partial charge is 0.467 e. The highest BCUT2D eigenvalue weighted by molar-refractivity contribution is 5.84. The molecule has 128 valence electrons. The van der Waals surface area contributed by atoms with Gasteiger partial charge in [0.2, 0.25) is 0 Å². The normalized spacial score (nSPS) is 15.0. The van der Waals surface area contributed by atoms with E-state index >= 15 is 0 Å². The van der Waals surface area contributed by atoms with Gasteiger partial charge >= 0.3 is 12.0 Å². The van der Waals surface area contributed by atoms with Crippen molar-refractivity contribution in [2.45, 2.75) is 38.8 Å². The number of imidazole rings is 1. The summed E-state index contributed by atoms with van der Waals surface area (Å²) in [6.45, 7) is 2.49. The lowest BCUT2D eigenvalue weighted by Crippen LogP contribution is -2.46. The molecule has 1 fully saturated rings. The molecule has 0 saturated heterocycles. The fraction of sp³-hybridized carbons (Fsp3) is 0.471. The van der Waals surface area contributed by atoms with E-state index in [1.54, 1.807) is 24.6 Å². The molecule has 1 aliphatic carbocycles. The third kappa shape index (κ3) is 3.84. The summed E-state index contributed by atoms with van der Waals surface area (Å²) < 4.78 is 12.1. The number of furan rings is 1. The number of esters is 1. The van der Waals surface area contributed by atoms with Crippen molar-refractivity contribution in [3.8, 4) is 0 Å². The molecule has 2 aromatic heterocycles. The first-order chi connectivity index (χ1) is 11.7. The van der Waals surface area contributed by atoms with Gasteiger partial charge in [0.1, 0.15) is 18.1 Å². The number of rotatable bonds is 7. The Hall–Kier alpha value is -2.57. The van der Waals surface area contributed by atoms with Gasteiger partial charge in [0.25, 0.3) is 0 Å². The van der Waals surface area contributed by atoms with Gasteiger partial charge in [0.15, 0.2) is 0 Å². The number of ether oxygens (including phenoxy) is 1. The van der Waals surface area contributed by atoms with E-state index in [1.165, 1.54) is 22.0 Å². The van der Waals surface area contributed by atoms with Gasteiger partial charge in [-0.3, -0.25) is 4.57 Å². The van der Waals surface area contributed by atoms with E-state index in [0.29, 0.717) is 24.7 Å². The molecular weight excluding hydrogens is 310 g/mol. The van der Waals surface area contributed by atoms with Crippen LogP contribution in [-0.4, -0.2) is 39.1 Å². The van der Waals surface area contributed by atoms with Crippen molar-refractivity contribution in [2.75, 3.05) is 6.61 Å². The van der Waals surface area contributed by atoms with Crippen LogP contribution < -0.4 is 0 Å². The number of carbonyl (C=O) groups excluding carboxylic acids is 2. The molecule has 7 heteroatoms. The zero-order valence-electron chi connectivity index (χ0n) is 13.6. The minimum atomic E-state index is -0.663. The molecular formula is C17H21N3O4. The molecule has 7 nitrogen and oxygen atoms in total. The number of nitrogens with zero attached hydrogens (tertiary/aromatic N) is 3. The number of aromatic nitrogens is 2. The minimum Gasteiger partial charge on any atom is -0.467 e. The first-order valence-corrected chi connectivity index (χ1v) is 8.17. The van der Waals surface area contributed by atoms with E-state index in [0.717, 1.165) is 12.8 Å². The molecule has 0 bridgehead atoms. The topological polar surface area (TPSA) is 77.6 Å². The van der Waals surface area contributed by atoms with Gasteiger partial charge in [0.05, 0.1) is 19.4 Å². The van der Waals surface area contributed by atoms with E-state index < -0.39 is 6.04 Å².